The van der Waals surface area contributed by atoms with E-state index in [2.05, 4.69) is 45.0 Å². The average molecular weight is 205 g/mol. The summed E-state index contributed by atoms with van der Waals surface area (Å²) < 4.78 is 5.37. The fourth-order valence-corrected chi connectivity index (χ4v) is 2.09. The second-order valence-electron chi connectivity index (χ2n) is 5.16. The largest absolute Gasteiger partial charge is 0.379 e. The predicted molar refractivity (Wildman–Crippen MR) is 61.9 cm³/mol. The molecule has 1 saturated heterocycles. The molecule has 2 heteroatoms. The Bertz CT molecular complexity index is 344. The summed E-state index contributed by atoms with van der Waals surface area (Å²) in [6.07, 6.45) is 0. The van der Waals surface area contributed by atoms with E-state index in [9.17, 15) is 0 Å². The van der Waals surface area contributed by atoms with E-state index in [4.69, 9.17) is 10.5 Å². The van der Waals surface area contributed by atoms with Gasteiger partial charge in [-0.25, -0.2) is 0 Å². The van der Waals surface area contributed by atoms with E-state index in [1.807, 2.05) is 0 Å². The number of aryl methyl sites for hydroxylation is 1. The van der Waals surface area contributed by atoms with E-state index < -0.39 is 0 Å². The van der Waals surface area contributed by atoms with Crippen molar-refractivity contribution in [3.05, 3.63) is 35.4 Å². The fourth-order valence-electron chi connectivity index (χ4n) is 2.09. The lowest BCUT2D eigenvalue weighted by atomic mass is 9.66. The molecule has 0 amide bonds. The van der Waals surface area contributed by atoms with Gasteiger partial charge in [0.05, 0.1) is 18.6 Å². The van der Waals surface area contributed by atoms with Crippen LogP contribution in [-0.4, -0.2) is 18.8 Å². The second kappa shape index (κ2) is 3.32. The molecule has 0 aliphatic carbocycles. The normalized spacial score (nSPS) is 19.7. The van der Waals surface area contributed by atoms with Gasteiger partial charge in [0.15, 0.2) is 0 Å². The monoisotopic (exact) mass is 205 g/mol. The van der Waals surface area contributed by atoms with Crippen LogP contribution in [0.2, 0.25) is 0 Å². The van der Waals surface area contributed by atoms with Crippen molar-refractivity contribution in [2.45, 2.75) is 31.7 Å². The van der Waals surface area contributed by atoms with Crippen LogP contribution in [0, 0.1) is 6.92 Å². The van der Waals surface area contributed by atoms with Crippen molar-refractivity contribution in [1.29, 1.82) is 0 Å². The first-order chi connectivity index (χ1) is 6.96. The lowest BCUT2D eigenvalue weighted by Crippen LogP contribution is -2.64. The molecule has 82 valence electrons. The van der Waals surface area contributed by atoms with Gasteiger partial charge in [-0.1, -0.05) is 29.8 Å². The maximum absolute atomic E-state index is 6.27. The zero-order valence-corrected chi connectivity index (χ0v) is 9.71. The molecule has 0 unspecified atom stereocenters. The lowest BCUT2D eigenvalue weighted by molar-refractivity contribution is -0.0918. The van der Waals surface area contributed by atoms with Crippen LogP contribution in [0.3, 0.4) is 0 Å². The van der Waals surface area contributed by atoms with Gasteiger partial charge in [-0.2, -0.15) is 0 Å². The van der Waals surface area contributed by atoms with Gasteiger partial charge >= 0.3 is 0 Å². The Labute approximate surface area is 91.4 Å². The van der Waals surface area contributed by atoms with Crippen molar-refractivity contribution < 1.29 is 4.74 Å². The van der Waals surface area contributed by atoms with Crippen molar-refractivity contribution in [2.75, 3.05) is 13.2 Å². The van der Waals surface area contributed by atoms with E-state index >= 15 is 0 Å². The topological polar surface area (TPSA) is 35.2 Å². The minimum absolute atomic E-state index is 0.000694. The highest BCUT2D eigenvalue weighted by molar-refractivity contribution is 5.34. The zero-order chi connectivity index (χ0) is 11.1. The van der Waals surface area contributed by atoms with Crippen LogP contribution < -0.4 is 5.73 Å². The number of benzene rings is 1. The zero-order valence-electron chi connectivity index (χ0n) is 9.71. The highest BCUT2D eigenvalue weighted by Gasteiger charge is 2.50. The molecule has 2 nitrogen and oxygen atoms in total. The van der Waals surface area contributed by atoms with Crippen LogP contribution >= 0.6 is 0 Å². The number of nitrogens with two attached hydrogens (primary N) is 1. The summed E-state index contributed by atoms with van der Waals surface area (Å²) in [6.45, 7) is 7.73. The molecule has 1 aliphatic rings. The van der Waals surface area contributed by atoms with Crippen LogP contribution in [0.25, 0.3) is 0 Å². The van der Waals surface area contributed by atoms with Crippen LogP contribution in [0.1, 0.15) is 25.0 Å². The molecule has 1 fully saturated rings. The predicted octanol–water partition coefficient (Wildman–Crippen LogP) is 2.00. The Kier molecular flexibility index (Phi) is 2.36. The van der Waals surface area contributed by atoms with Gasteiger partial charge in [-0.3, -0.25) is 0 Å². The maximum atomic E-state index is 6.27. The molecular weight excluding hydrogens is 186 g/mol. The van der Waals surface area contributed by atoms with Crippen molar-refractivity contribution in [1.82, 2.24) is 0 Å². The van der Waals surface area contributed by atoms with Gasteiger partial charge in [-0.15, -0.1) is 0 Å². The molecule has 1 heterocycles. The first-order valence-corrected chi connectivity index (χ1v) is 5.39. The van der Waals surface area contributed by atoms with Gasteiger partial charge in [0.25, 0.3) is 0 Å². The Morgan fingerprint density at radius 3 is 2.07 bits per heavy atom. The number of hydrogen-bond acceptors (Lipinski definition) is 2. The van der Waals surface area contributed by atoms with E-state index in [1.165, 1.54) is 11.1 Å². The Balaban J connectivity index is 2.39. The summed E-state index contributed by atoms with van der Waals surface area (Å²) in [5, 5.41) is 0. The molecule has 2 N–H and O–H groups in total. The van der Waals surface area contributed by atoms with Crippen LogP contribution in [0.4, 0.5) is 0 Å². The highest BCUT2D eigenvalue weighted by atomic mass is 16.5. The van der Waals surface area contributed by atoms with Crippen LogP contribution in [-0.2, 0) is 10.2 Å². The SMILES string of the molecule is Cc1ccc(C2(C(C)(C)N)COC2)cc1. The van der Waals surface area contributed by atoms with Crippen molar-refractivity contribution in [3.63, 3.8) is 0 Å². The number of ether oxygens (including phenoxy) is 1. The molecule has 0 aromatic heterocycles. The summed E-state index contributed by atoms with van der Waals surface area (Å²) >= 11 is 0. The number of hydrogen-bond donors (Lipinski definition) is 1. The molecule has 1 aromatic rings. The quantitative estimate of drug-likeness (QED) is 0.801. The molecule has 0 saturated carbocycles. The third-order valence-electron chi connectivity index (χ3n) is 3.53. The van der Waals surface area contributed by atoms with Crippen LogP contribution in [0.15, 0.2) is 24.3 Å². The van der Waals surface area contributed by atoms with Gasteiger partial charge in [0.1, 0.15) is 0 Å². The molecule has 15 heavy (non-hydrogen) atoms. The van der Waals surface area contributed by atoms with Crippen molar-refractivity contribution in [3.8, 4) is 0 Å². The van der Waals surface area contributed by atoms with Gasteiger partial charge in [0, 0.05) is 5.54 Å². The Morgan fingerprint density at radius 2 is 1.73 bits per heavy atom. The molecule has 0 spiro atoms. The molecule has 2 rings (SSSR count). The fraction of sp³-hybridized carbons (Fsp3) is 0.538. The van der Waals surface area contributed by atoms with E-state index in [1.54, 1.807) is 0 Å². The van der Waals surface area contributed by atoms with E-state index in [-0.39, 0.29) is 11.0 Å². The highest BCUT2D eigenvalue weighted by Crippen LogP contribution is 2.40. The van der Waals surface area contributed by atoms with Gasteiger partial charge < -0.3 is 10.5 Å². The third-order valence-corrected chi connectivity index (χ3v) is 3.53. The van der Waals surface area contributed by atoms with Gasteiger partial charge in [0.2, 0.25) is 0 Å². The lowest BCUT2D eigenvalue weighted by Gasteiger charge is -2.51. The molecule has 0 bridgehead atoms. The van der Waals surface area contributed by atoms with Crippen molar-refractivity contribution >= 4 is 0 Å². The standard InChI is InChI=1S/C13H19NO/c1-10-4-6-11(7-5-10)13(8-15-9-13)12(2,3)14/h4-7H,8-9,14H2,1-3H3. The minimum Gasteiger partial charge on any atom is -0.379 e. The van der Waals surface area contributed by atoms with Crippen LogP contribution in [0.5, 0.6) is 0 Å². The van der Waals surface area contributed by atoms with Gasteiger partial charge in [-0.05, 0) is 26.3 Å². The molecule has 0 radical (unpaired) electrons. The van der Waals surface area contributed by atoms with E-state index in [0.717, 1.165) is 13.2 Å². The minimum atomic E-state index is -0.236. The molecule has 1 aromatic carbocycles. The number of rotatable bonds is 2. The summed E-state index contributed by atoms with van der Waals surface area (Å²) in [7, 11) is 0. The summed E-state index contributed by atoms with van der Waals surface area (Å²) in [6, 6.07) is 8.63. The first-order valence-electron chi connectivity index (χ1n) is 5.39. The second-order valence-corrected chi connectivity index (χ2v) is 5.16. The maximum Gasteiger partial charge on any atom is 0.0603 e. The Hall–Kier alpha value is -0.860. The third kappa shape index (κ3) is 1.58. The van der Waals surface area contributed by atoms with E-state index in [0.29, 0.717) is 0 Å². The molecule has 0 atom stereocenters. The first kappa shape index (κ1) is 10.7. The summed E-state index contributed by atoms with van der Waals surface area (Å²) in [4.78, 5) is 0. The molecular formula is C13H19NO. The smallest absolute Gasteiger partial charge is 0.0603 e. The van der Waals surface area contributed by atoms with Crippen molar-refractivity contribution in [2.24, 2.45) is 5.73 Å². The molecule has 1 aliphatic heterocycles. The Morgan fingerprint density at radius 1 is 1.20 bits per heavy atom. The summed E-state index contributed by atoms with van der Waals surface area (Å²) in [5.74, 6) is 0. The summed E-state index contributed by atoms with van der Waals surface area (Å²) in [5.41, 5.74) is 8.61. The average Bonchev–Trinajstić information content (AvgIpc) is 2.03.